The third-order valence-corrected chi connectivity index (χ3v) is 7.67. The van der Waals surface area contributed by atoms with Gasteiger partial charge in [0.25, 0.3) is 0 Å². The molecule has 0 aliphatic carbocycles. The van der Waals surface area contributed by atoms with Crippen LogP contribution in [0.5, 0.6) is 0 Å². The number of hydrogen-bond acceptors (Lipinski definition) is 5. The van der Waals surface area contributed by atoms with Crippen LogP contribution in [0.15, 0.2) is 85.1 Å². The maximum atomic E-state index is 12.1. The van der Waals surface area contributed by atoms with Crippen LogP contribution in [0.1, 0.15) is 155 Å². The van der Waals surface area contributed by atoms with Gasteiger partial charge in [-0.25, -0.2) is 0 Å². The highest BCUT2D eigenvalue weighted by molar-refractivity contribution is 5.70. The van der Waals surface area contributed by atoms with Gasteiger partial charge in [0.15, 0.2) is 6.10 Å². The number of ether oxygens (including phenoxy) is 2. The first-order chi connectivity index (χ1) is 23.6. The smallest absolute Gasteiger partial charge is 0.306 e. The summed E-state index contributed by atoms with van der Waals surface area (Å²) in [5, 5.41) is 9.54. The average Bonchev–Trinajstić information content (AvgIpc) is 3.09. The molecule has 5 nitrogen and oxygen atoms in total. The second kappa shape index (κ2) is 38.5. The molecular formula is C43H70O5. The molecule has 5 heteroatoms. The van der Waals surface area contributed by atoms with E-state index in [4.69, 9.17) is 9.47 Å². The van der Waals surface area contributed by atoms with Crippen LogP contribution < -0.4 is 0 Å². The van der Waals surface area contributed by atoms with Gasteiger partial charge in [0.1, 0.15) is 6.61 Å². The number of carbonyl (C=O) groups excluding carboxylic acids is 2. The highest BCUT2D eigenvalue weighted by atomic mass is 16.6. The van der Waals surface area contributed by atoms with Crippen molar-refractivity contribution in [1.29, 1.82) is 0 Å². The molecule has 48 heavy (non-hydrogen) atoms. The second-order valence-corrected chi connectivity index (χ2v) is 12.3. The number of carbonyl (C=O) groups is 2. The van der Waals surface area contributed by atoms with Crippen molar-refractivity contribution in [3.63, 3.8) is 0 Å². The lowest BCUT2D eigenvalue weighted by atomic mass is 10.1. The fraction of sp³-hybridized carbons (Fsp3) is 0.628. The molecule has 0 aromatic carbocycles. The van der Waals surface area contributed by atoms with Crippen LogP contribution in [-0.4, -0.2) is 36.4 Å². The van der Waals surface area contributed by atoms with Crippen LogP contribution in [0.2, 0.25) is 0 Å². The number of allylic oxidation sites excluding steroid dienone is 14. The summed E-state index contributed by atoms with van der Waals surface area (Å²) in [6.07, 6.45) is 52.1. The summed E-state index contributed by atoms with van der Waals surface area (Å²) < 4.78 is 10.5. The first-order valence-corrected chi connectivity index (χ1v) is 19.1. The molecule has 1 unspecified atom stereocenters. The molecule has 0 radical (unpaired) electrons. The van der Waals surface area contributed by atoms with Crippen molar-refractivity contribution in [2.45, 2.75) is 161 Å². The van der Waals surface area contributed by atoms with Crippen molar-refractivity contribution in [1.82, 2.24) is 0 Å². The van der Waals surface area contributed by atoms with Crippen molar-refractivity contribution in [2.24, 2.45) is 0 Å². The molecule has 0 aromatic heterocycles. The van der Waals surface area contributed by atoms with Crippen LogP contribution in [0.25, 0.3) is 0 Å². The molecule has 0 saturated heterocycles. The Morgan fingerprint density at radius 2 is 0.917 bits per heavy atom. The van der Waals surface area contributed by atoms with E-state index in [9.17, 15) is 14.7 Å². The molecule has 0 spiro atoms. The molecule has 0 aliphatic rings. The van der Waals surface area contributed by atoms with Gasteiger partial charge in [-0.15, -0.1) is 0 Å². The molecule has 1 N–H and O–H groups in total. The largest absolute Gasteiger partial charge is 0.462 e. The SMILES string of the molecule is CCC=CCC=CCC=CCC=CCCCCCCC(=O)OCC(CO)OC(=O)CCCC=CCC=CCC=CCCCCCCCC. The van der Waals surface area contributed by atoms with Gasteiger partial charge in [0, 0.05) is 12.8 Å². The molecule has 0 fully saturated rings. The monoisotopic (exact) mass is 667 g/mol. The highest BCUT2D eigenvalue weighted by Crippen LogP contribution is 2.09. The van der Waals surface area contributed by atoms with E-state index in [-0.39, 0.29) is 31.6 Å². The zero-order valence-corrected chi connectivity index (χ0v) is 30.7. The minimum atomic E-state index is -0.812. The van der Waals surface area contributed by atoms with Crippen molar-refractivity contribution < 1.29 is 24.2 Å². The Labute approximate surface area is 295 Å². The van der Waals surface area contributed by atoms with Gasteiger partial charge >= 0.3 is 11.9 Å². The minimum Gasteiger partial charge on any atom is -0.462 e. The van der Waals surface area contributed by atoms with Gasteiger partial charge in [-0.1, -0.05) is 144 Å². The summed E-state index contributed by atoms with van der Waals surface area (Å²) in [5.74, 6) is -0.689. The summed E-state index contributed by atoms with van der Waals surface area (Å²) in [7, 11) is 0. The van der Waals surface area contributed by atoms with Crippen LogP contribution in [0, 0.1) is 0 Å². The lowest BCUT2D eigenvalue weighted by Gasteiger charge is -2.15. The molecule has 272 valence electrons. The third-order valence-electron chi connectivity index (χ3n) is 7.67. The molecular weight excluding hydrogens is 596 g/mol. The van der Waals surface area contributed by atoms with Gasteiger partial charge in [-0.2, -0.15) is 0 Å². The molecule has 0 amide bonds. The lowest BCUT2D eigenvalue weighted by Crippen LogP contribution is -2.28. The number of hydrogen-bond donors (Lipinski definition) is 1. The van der Waals surface area contributed by atoms with Crippen LogP contribution in [0.3, 0.4) is 0 Å². The fourth-order valence-electron chi connectivity index (χ4n) is 4.79. The zero-order valence-electron chi connectivity index (χ0n) is 30.7. The standard InChI is InChI=1S/C43H70O5/c1-3-5-7-9-11-13-15-17-19-21-23-25-27-29-31-33-35-37-42(45)47-40-41(39-44)48-43(46)38-36-34-32-30-28-26-24-22-20-18-16-14-12-10-8-6-4-2/h5,7,11,13,17-20,23-26,30,32,41,44H,3-4,6,8-10,12,14-16,21-22,27-29,31,33-40H2,1-2H3. The van der Waals surface area contributed by atoms with Crippen LogP contribution >= 0.6 is 0 Å². The summed E-state index contributed by atoms with van der Waals surface area (Å²) in [6, 6.07) is 0. The summed E-state index contributed by atoms with van der Waals surface area (Å²) in [4.78, 5) is 24.2. The Bertz CT molecular complexity index is 937. The summed E-state index contributed by atoms with van der Waals surface area (Å²) in [6.45, 7) is 3.93. The van der Waals surface area contributed by atoms with Gasteiger partial charge in [0.2, 0.25) is 0 Å². The summed E-state index contributed by atoms with van der Waals surface area (Å²) >= 11 is 0. The Balaban J connectivity index is 3.73. The molecule has 0 bridgehead atoms. The molecule has 0 heterocycles. The number of aliphatic hydroxyl groups excluding tert-OH is 1. The van der Waals surface area contributed by atoms with Crippen LogP contribution in [-0.2, 0) is 19.1 Å². The predicted octanol–water partition coefficient (Wildman–Crippen LogP) is 11.9. The molecule has 0 saturated carbocycles. The Kier molecular flexibility index (Phi) is 36.2. The lowest BCUT2D eigenvalue weighted by molar-refractivity contribution is -0.161. The highest BCUT2D eigenvalue weighted by Gasteiger charge is 2.15. The van der Waals surface area contributed by atoms with Crippen molar-refractivity contribution in [3.05, 3.63) is 85.1 Å². The normalized spacial score (nSPS) is 13.1. The fourth-order valence-corrected chi connectivity index (χ4v) is 4.79. The minimum absolute atomic E-state index is 0.104. The van der Waals surface area contributed by atoms with E-state index in [0.29, 0.717) is 12.8 Å². The summed E-state index contributed by atoms with van der Waals surface area (Å²) in [5.41, 5.74) is 0. The molecule has 1 atom stereocenters. The number of esters is 2. The maximum absolute atomic E-state index is 12.1. The van der Waals surface area contributed by atoms with Gasteiger partial charge in [-0.05, 0) is 83.5 Å². The van der Waals surface area contributed by atoms with Crippen molar-refractivity contribution in [2.75, 3.05) is 13.2 Å². The predicted molar refractivity (Wildman–Crippen MR) is 205 cm³/mol. The molecule has 0 aliphatic heterocycles. The van der Waals surface area contributed by atoms with Crippen LogP contribution in [0.4, 0.5) is 0 Å². The maximum Gasteiger partial charge on any atom is 0.306 e. The van der Waals surface area contributed by atoms with E-state index < -0.39 is 6.10 Å². The third kappa shape index (κ3) is 35.9. The molecule has 0 rings (SSSR count). The van der Waals surface area contributed by atoms with Gasteiger partial charge in [-0.3, -0.25) is 9.59 Å². The Morgan fingerprint density at radius 1 is 0.500 bits per heavy atom. The van der Waals surface area contributed by atoms with Gasteiger partial charge in [0.05, 0.1) is 6.61 Å². The van der Waals surface area contributed by atoms with E-state index in [0.717, 1.165) is 77.0 Å². The Hall–Kier alpha value is -2.92. The van der Waals surface area contributed by atoms with E-state index in [1.165, 1.54) is 44.9 Å². The number of unbranched alkanes of at least 4 members (excludes halogenated alkanes) is 11. The average molecular weight is 667 g/mol. The van der Waals surface area contributed by atoms with E-state index in [1.54, 1.807) is 0 Å². The molecule has 0 aromatic rings. The van der Waals surface area contributed by atoms with E-state index >= 15 is 0 Å². The topological polar surface area (TPSA) is 72.8 Å². The van der Waals surface area contributed by atoms with E-state index in [1.807, 2.05) is 0 Å². The van der Waals surface area contributed by atoms with E-state index in [2.05, 4.69) is 98.9 Å². The first-order valence-electron chi connectivity index (χ1n) is 19.1. The van der Waals surface area contributed by atoms with Gasteiger partial charge < -0.3 is 14.6 Å². The number of rotatable bonds is 33. The van der Waals surface area contributed by atoms with Crippen molar-refractivity contribution in [3.8, 4) is 0 Å². The zero-order chi connectivity index (χ0) is 35.0. The quantitative estimate of drug-likeness (QED) is 0.0429. The van der Waals surface area contributed by atoms with Crippen molar-refractivity contribution >= 4 is 11.9 Å². The second-order valence-electron chi connectivity index (χ2n) is 12.3. The first kappa shape index (κ1) is 45.1. The Morgan fingerprint density at radius 3 is 1.42 bits per heavy atom. The number of aliphatic hydroxyl groups is 1.